The number of aryl methyl sites for hydroxylation is 1. The van der Waals surface area contributed by atoms with Crippen molar-refractivity contribution in [3.05, 3.63) is 79.3 Å². The molecular formula is C23H27N3O2. The van der Waals surface area contributed by atoms with Crippen LogP contribution in [0.1, 0.15) is 62.2 Å². The Balaban J connectivity index is 2.38. The second-order valence-electron chi connectivity index (χ2n) is 7.27. The highest BCUT2D eigenvalue weighted by atomic mass is 16.6. The Morgan fingerprint density at radius 1 is 1.14 bits per heavy atom. The first kappa shape index (κ1) is 19.8. The number of aromatic amines is 1. The van der Waals surface area contributed by atoms with E-state index in [4.69, 9.17) is 4.99 Å². The number of nitrogens with one attached hydrogen (secondary N) is 1. The summed E-state index contributed by atoms with van der Waals surface area (Å²) in [6, 6.07) is 6.84. The van der Waals surface area contributed by atoms with Gasteiger partial charge in [0.1, 0.15) is 0 Å². The lowest BCUT2D eigenvalue weighted by molar-refractivity contribution is -0.384. The van der Waals surface area contributed by atoms with E-state index in [-0.39, 0.29) is 10.6 Å². The minimum Gasteiger partial charge on any atom is -0.358 e. The highest BCUT2D eigenvalue weighted by Crippen LogP contribution is 2.39. The van der Waals surface area contributed by atoms with Gasteiger partial charge in [-0.25, -0.2) is 0 Å². The van der Waals surface area contributed by atoms with E-state index in [1.807, 2.05) is 13.0 Å². The number of nitro benzene ring substituents is 1. The third-order valence-corrected chi connectivity index (χ3v) is 5.66. The number of aliphatic imine (C=N–C) groups is 1. The van der Waals surface area contributed by atoms with Crippen LogP contribution >= 0.6 is 0 Å². The molecule has 0 bridgehead atoms. The van der Waals surface area contributed by atoms with E-state index < -0.39 is 0 Å². The molecule has 0 atom stereocenters. The normalized spacial score (nSPS) is 15.9. The first-order chi connectivity index (χ1) is 13.3. The molecule has 0 unspecified atom stereocenters. The van der Waals surface area contributed by atoms with Crippen LogP contribution in [0.4, 0.5) is 5.69 Å². The molecule has 5 nitrogen and oxygen atoms in total. The van der Waals surface area contributed by atoms with Gasteiger partial charge in [0.25, 0.3) is 5.69 Å². The number of rotatable bonds is 5. The Morgan fingerprint density at radius 2 is 1.86 bits per heavy atom. The summed E-state index contributed by atoms with van der Waals surface area (Å²) in [5.74, 6) is 0. The number of hydrogen-bond acceptors (Lipinski definition) is 3. The average Bonchev–Trinajstić information content (AvgIpc) is 3.10. The van der Waals surface area contributed by atoms with Gasteiger partial charge in [0.15, 0.2) is 0 Å². The van der Waals surface area contributed by atoms with Crippen LogP contribution in [0.15, 0.2) is 46.1 Å². The summed E-state index contributed by atoms with van der Waals surface area (Å²) >= 11 is 0. The maximum Gasteiger partial charge on any atom is 0.270 e. The van der Waals surface area contributed by atoms with Crippen molar-refractivity contribution < 1.29 is 4.92 Å². The summed E-state index contributed by atoms with van der Waals surface area (Å²) in [5, 5.41) is 11.4. The Bertz CT molecular complexity index is 1050. The van der Waals surface area contributed by atoms with E-state index in [9.17, 15) is 10.1 Å². The smallest absolute Gasteiger partial charge is 0.270 e. The summed E-state index contributed by atoms with van der Waals surface area (Å²) in [7, 11) is 0. The second-order valence-corrected chi connectivity index (χ2v) is 7.27. The molecule has 1 aromatic heterocycles. The van der Waals surface area contributed by atoms with Crippen molar-refractivity contribution in [2.45, 2.75) is 54.4 Å². The molecule has 0 amide bonds. The lowest BCUT2D eigenvalue weighted by Gasteiger charge is -2.13. The van der Waals surface area contributed by atoms with Crippen molar-refractivity contribution in [2.75, 3.05) is 0 Å². The van der Waals surface area contributed by atoms with Crippen molar-refractivity contribution in [1.82, 2.24) is 4.98 Å². The van der Waals surface area contributed by atoms with Crippen LogP contribution in [0.3, 0.4) is 0 Å². The van der Waals surface area contributed by atoms with Gasteiger partial charge in [-0.15, -0.1) is 0 Å². The van der Waals surface area contributed by atoms with Crippen molar-refractivity contribution >= 4 is 17.0 Å². The topological polar surface area (TPSA) is 71.3 Å². The van der Waals surface area contributed by atoms with E-state index >= 15 is 0 Å². The van der Waals surface area contributed by atoms with E-state index in [1.54, 1.807) is 12.1 Å². The second kappa shape index (κ2) is 7.58. The number of H-pyrrole nitrogens is 1. The van der Waals surface area contributed by atoms with E-state index in [0.717, 1.165) is 52.3 Å². The molecule has 0 saturated carbocycles. The molecule has 0 saturated heterocycles. The van der Waals surface area contributed by atoms with Crippen LogP contribution in [0.2, 0.25) is 0 Å². The standard InChI is InChI=1S/C23H27N3O2/c1-7-19-13(3)22(24-15(19)5)21(17-10-9-11-18(12-17)26(27)28)23-14(4)20(8-2)16(6)25-23/h9-12,24H,7-8H2,1-6H3/b23-21-. The molecule has 1 N–H and O–H groups in total. The Kier molecular flexibility index (Phi) is 5.36. The Labute approximate surface area is 166 Å². The average molecular weight is 377 g/mol. The lowest BCUT2D eigenvalue weighted by atomic mass is 9.93. The number of benzene rings is 1. The molecule has 5 heteroatoms. The van der Waals surface area contributed by atoms with Gasteiger partial charge in [-0.2, -0.15) is 0 Å². The van der Waals surface area contributed by atoms with Crippen molar-refractivity contribution in [3.8, 4) is 0 Å². The van der Waals surface area contributed by atoms with E-state index in [2.05, 4.69) is 39.6 Å². The molecule has 0 spiro atoms. The zero-order chi connectivity index (χ0) is 20.6. The maximum atomic E-state index is 11.4. The van der Waals surface area contributed by atoms with Gasteiger partial charge >= 0.3 is 0 Å². The van der Waals surface area contributed by atoms with Gasteiger partial charge in [-0.1, -0.05) is 26.0 Å². The summed E-state index contributed by atoms with van der Waals surface area (Å²) < 4.78 is 0. The lowest BCUT2D eigenvalue weighted by Crippen LogP contribution is -1.98. The molecule has 1 aliphatic heterocycles. The maximum absolute atomic E-state index is 11.4. The van der Waals surface area contributed by atoms with Crippen molar-refractivity contribution in [2.24, 2.45) is 4.99 Å². The fourth-order valence-electron chi connectivity index (χ4n) is 4.24. The zero-order valence-electron chi connectivity index (χ0n) is 17.4. The van der Waals surface area contributed by atoms with Crippen LogP contribution in [-0.4, -0.2) is 15.6 Å². The number of hydrogen-bond donors (Lipinski definition) is 1. The quantitative estimate of drug-likeness (QED) is 0.508. The molecule has 0 radical (unpaired) electrons. The number of allylic oxidation sites excluding steroid dienone is 2. The van der Waals surface area contributed by atoms with Crippen molar-refractivity contribution in [3.63, 3.8) is 0 Å². The SMILES string of the molecule is CCC1=C(C)/C(=C(\c2cccc([N+](=O)[O-])c2)c2[nH]c(C)c(CC)c2C)N=C1C. The molecule has 0 fully saturated rings. The minimum absolute atomic E-state index is 0.0864. The minimum atomic E-state index is -0.348. The fraction of sp³-hybridized carbons (Fsp3) is 0.348. The molecule has 3 rings (SSSR count). The Hall–Kier alpha value is -2.95. The largest absolute Gasteiger partial charge is 0.358 e. The third kappa shape index (κ3) is 3.21. The first-order valence-corrected chi connectivity index (χ1v) is 9.73. The number of nitro groups is 1. The molecule has 146 valence electrons. The van der Waals surface area contributed by atoms with Gasteiger partial charge in [0, 0.05) is 29.1 Å². The summed E-state index contributed by atoms with van der Waals surface area (Å²) in [6.07, 6.45) is 1.85. The molecule has 1 aliphatic rings. The highest BCUT2D eigenvalue weighted by Gasteiger charge is 2.25. The monoisotopic (exact) mass is 377 g/mol. The van der Waals surface area contributed by atoms with Crippen LogP contribution in [0.5, 0.6) is 0 Å². The van der Waals surface area contributed by atoms with E-state index in [1.165, 1.54) is 22.8 Å². The number of aromatic nitrogens is 1. The highest BCUT2D eigenvalue weighted by molar-refractivity contribution is 6.05. The summed E-state index contributed by atoms with van der Waals surface area (Å²) in [4.78, 5) is 19.4. The molecule has 0 aliphatic carbocycles. The number of non-ortho nitro benzene ring substituents is 1. The molecule has 1 aromatic carbocycles. The van der Waals surface area contributed by atoms with Gasteiger partial charge in [0.2, 0.25) is 0 Å². The fourth-order valence-corrected chi connectivity index (χ4v) is 4.24. The van der Waals surface area contributed by atoms with Gasteiger partial charge in [-0.05, 0) is 68.4 Å². The van der Waals surface area contributed by atoms with Crippen LogP contribution in [-0.2, 0) is 6.42 Å². The zero-order valence-corrected chi connectivity index (χ0v) is 17.4. The molecule has 2 aromatic rings. The first-order valence-electron chi connectivity index (χ1n) is 9.73. The summed E-state index contributed by atoms with van der Waals surface area (Å²) in [6.45, 7) is 12.6. The Morgan fingerprint density at radius 3 is 2.39 bits per heavy atom. The van der Waals surface area contributed by atoms with Gasteiger partial charge in [0.05, 0.1) is 16.3 Å². The van der Waals surface area contributed by atoms with Crippen LogP contribution in [0.25, 0.3) is 5.57 Å². The molecular weight excluding hydrogens is 350 g/mol. The predicted molar refractivity (Wildman–Crippen MR) is 115 cm³/mol. The van der Waals surface area contributed by atoms with Gasteiger partial charge in [-0.3, -0.25) is 15.1 Å². The molecule has 28 heavy (non-hydrogen) atoms. The van der Waals surface area contributed by atoms with Crippen molar-refractivity contribution in [1.29, 1.82) is 0 Å². The summed E-state index contributed by atoms with van der Waals surface area (Å²) in [5.41, 5.74) is 10.7. The van der Waals surface area contributed by atoms with Gasteiger partial charge < -0.3 is 4.98 Å². The number of nitrogens with zero attached hydrogens (tertiary/aromatic N) is 2. The van der Waals surface area contributed by atoms with Crippen LogP contribution in [0, 0.1) is 24.0 Å². The van der Waals surface area contributed by atoms with E-state index in [0.29, 0.717) is 0 Å². The third-order valence-electron chi connectivity index (χ3n) is 5.66. The molecule has 2 heterocycles. The van der Waals surface area contributed by atoms with Crippen LogP contribution < -0.4 is 0 Å². The predicted octanol–water partition coefficient (Wildman–Crippen LogP) is 6.06.